The van der Waals surface area contributed by atoms with Crippen molar-refractivity contribution >= 4 is 0 Å². The molecule has 0 fully saturated rings. The predicted octanol–water partition coefficient (Wildman–Crippen LogP) is 0.870. The standard InChI is InChI=1S/C11H17NO3/c1-11(13,7-12)8-4-5-9(14-2)10(6-8)15-3/h4-6,13H,7,12H2,1-3H3. The second-order valence-corrected chi connectivity index (χ2v) is 3.55. The molecule has 0 aliphatic heterocycles. The van der Waals surface area contributed by atoms with Crippen molar-refractivity contribution in [2.75, 3.05) is 20.8 Å². The highest BCUT2D eigenvalue weighted by Crippen LogP contribution is 2.31. The molecule has 1 aromatic carbocycles. The van der Waals surface area contributed by atoms with Crippen LogP contribution in [0, 0.1) is 0 Å². The van der Waals surface area contributed by atoms with Gasteiger partial charge in [0.2, 0.25) is 0 Å². The van der Waals surface area contributed by atoms with Crippen LogP contribution in [0.1, 0.15) is 12.5 Å². The Balaban J connectivity index is 3.13. The topological polar surface area (TPSA) is 64.7 Å². The molecule has 0 heterocycles. The van der Waals surface area contributed by atoms with Gasteiger partial charge in [-0.25, -0.2) is 0 Å². The van der Waals surface area contributed by atoms with Gasteiger partial charge in [-0.15, -0.1) is 0 Å². The van der Waals surface area contributed by atoms with Crippen LogP contribution in [0.15, 0.2) is 18.2 Å². The van der Waals surface area contributed by atoms with Gasteiger partial charge in [-0.1, -0.05) is 6.07 Å². The molecule has 0 saturated carbocycles. The number of methoxy groups -OCH3 is 2. The van der Waals surface area contributed by atoms with E-state index in [1.807, 2.05) is 0 Å². The summed E-state index contributed by atoms with van der Waals surface area (Å²) < 4.78 is 10.2. The Labute approximate surface area is 89.6 Å². The Morgan fingerprint density at radius 1 is 1.27 bits per heavy atom. The maximum Gasteiger partial charge on any atom is 0.161 e. The molecule has 1 rings (SSSR count). The normalized spacial score (nSPS) is 14.5. The summed E-state index contributed by atoms with van der Waals surface area (Å²) in [7, 11) is 3.12. The van der Waals surface area contributed by atoms with Crippen LogP contribution in [0.25, 0.3) is 0 Å². The van der Waals surface area contributed by atoms with Crippen LogP contribution in [0.3, 0.4) is 0 Å². The van der Waals surface area contributed by atoms with Crippen LogP contribution in [-0.2, 0) is 5.60 Å². The summed E-state index contributed by atoms with van der Waals surface area (Å²) >= 11 is 0. The summed E-state index contributed by atoms with van der Waals surface area (Å²) in [6.45, 7) is 1.82. The van der Waals surface area contributed by atoms with Gasteiger partial charge < -0.3 is 20.3 Å². The number of nitrogens with two attached hydrogens (primary N) is 1. The fraction of sp³-hybridized carbons (Fsp3) is 0.455. The summed E-state index contributed by atoms with van der Waals surface area (Å²) in [5.41, 5.74) is 5.15. The SMILES string of the molecule is COc1ccc(C(C)(O)CN)cc1OC. The number of rotatable bonds is 4. The monoisotopic (exact) mass is 211 g/mol. The summed E-state index contributed by atoms with van der Waals surface area (Å²) in [5, 5.41) is 9.96. The fourth-order valence-electron chi connectivity index (χ4n) is 1.29. The third kappa shape index (κ3) is 2.40. The van der Waals surface area contributed by atoms with E-state index in [2.05, 4.69) is 0 Å². The molecular formula is C11H17NO3. The molecule has 15 heavy (non-hydrogen) atoms. The van der Waals surface area contributed by atoms with Gasteiger partial charge in [-0.3, -0.25) is 0 Å². The lowest BCUT2D eigenvalue weighted by Crippen LogP contribution is -2.31. The predicted molar refractivity (Wildman–Crippen MR) is 58.2 cm³/mol. The second-order valence-electron chi connectivity index (χ2n) is 3.55. The highest BCUT2D eigenvalue weighted by molar-refractivity contribution is 5.44. The third-order valence-electron chi connectivity index (χ3n) is 2.40. The molecule has 0 aliphatic carbocycles. The number of benzene rings is 1. The molecule has 4 heteroatoms. The molecule has 1 atom stereocenters. The lowest BCUT2D eigenvalue weighted by atomic mass is 9.96. The molecule has 0 aromatic heterocycles. The Morgan fingerprint density at radius 3 is 2.33 bits per heavy atom. The first-order chi connectivity index (χ1) is 7.05. The van der Waals surface area contributed by atoms with Crippen LogP contribution in [0.2, 0.25) is 0 Å². The molecule has 4 nitrogen and oxygen atoms in total. The van der Waals surface area contributed by atoms with E-state index in [-0.39, 0.29) is 6.54 Å². The molecule has 0 amide bonds. The molecule has 0 radical (unpaired) electrons. The average molecular weight is 211 g/mol. The van der Waals surface area contributed by atoms with E-state index < -0.39 is 5.60 Å². The number of aliphatic hydroxyl groups is 1. The van der Waals surface area contributed by atoms with Gasteiger partial charge in [-0.05, 0) is 24.6 Å². The molecule has 0 bridgehead atoms. The zero-order valence-corrected chi connectivity index (χ0v) is 9.28. The fourth-order valence-corrected chi connectivity index (χ4v) is 1.29. The van der Waals surface area contributed by atoms with Gasteiger partial charge in [0.15, 0.2) is 11.5 Å². The van der Waals surface area contributed by atoms with E-state index in [4.69, 9.17) is 15.2 Å². The van der Waals surface area contributed by atoms with Crippen molar-refractivity contribution in [3.05, 3.63) is 23.8 Å². The van der Waals surface area contributed by atoms with E-state index in [1.54, 1.807) is 39.3 Å². The van der Waals surface area contributed by atoms with Gasteiger partial charge in [0.25, 0.3) is 0 Å². The lowest BCUT2D eigenvalue weighted by Gasteiger charge is -2.22. The van der Waals surface area contributed by atoms with Gasteiger partial charge in [-0.2, -0.15) is 0 Å². The van der Waals surface area contributed by atoms with Crippen molar-refractivity contribution in [2.45, 2.75) is 12.5 Å². The minimum Gasteiger partial charge on any atom is -0.493 e. The second kappa shape index (κ2) is 4.51. The lowest BCUT2D eigenvalue weighted by molar-refractivity contribution is 0.0665. The van der Waals surface area contributed by atoms with Crippen LogP contribution in [-0.4, -0.2) is 25.9 Å². The highest BCUT2D eigenvalue weighted by atomic mass is 16.5. The number of hydrogen-bond acceptors (Lipinski definition) is 4. The largest absolute Gasteiger partial charge is 0.493 e. The molecule has 84 valence electrons. The van der Waals surface area contributed by atoms with Crippen molar-refractivity contribution in [1.82, 2.24) is 0 Å². The minimum absolute atomic E-state index is 0.155. The summed E-state index contributed by atoms with van der Waals surface area (Å²) in [6, 6.07) is 5.25. The molecule has 1 aromatic rings. The van der Waals surface area contributed by atoms with Gasteiger partial charge in [0.05, 0.1) is 19.8 Å². The van der Waals surface area contributed by atoms with Crippen molar-refractivity contribution < 1.29 is 14.6 Å². The van der Waals surface area contributed by atoms with Crippen molar-refractivity contribution in [3.63, 3.8) is 0 Å². The van der Waals surface area contributed by atoms with Crippen molar-refractivity contribution in [3.8, 4) is 11.5 Å². The first-order valence-corrected chi connectivity index (χ1v) is 4.70. The number of ether oxygens (including phenoxy) is 2. The molecular weight excluding hydrogens is 194 g/mol. The summed E-state index contributed by atoms with van der Waals surface area (Å²) in [4.78, 5) is 0. The van der Waals surface area contributed by atoms with Crippen molar-refractivity contribution in [2.24, 2.45) is 5.73 Å². The zero-order chi connectivity index (χ0) is 11.5. The Kier molecular flexibility index (Phi) is 3.55. The van der Waals surface area contributed by atoms with Gasteiger partial charge >= 0.3 is 0 Å². The van der Waals surface area contributed by atoms with Crippen LogP contribution in [0.5, 0.6) is 11.5 Å². The van der Waals surface area contributed by atoms with Crippen LogP contribution in [0.4, 0.5) is 0 Å². The summed E-state index contributed by atoms with van der Waals surface area (Å²) in [5.74, 6) is 1.22. The molecule has 0 saturated heterocycles. The first-order valence-electron chi connectivity index (χ1n) is 4.70. The van der Waals surface area contributed by atoms with Crippen LogP contribution >= 0.6 is 0 Å². The molecule has 0 aliphatic rings. The molecule has 1 unspecified atom stereocenters. The summed E-state index contributed by atoms with van der Waals surface area (Å²) in [6.07, 6.45) is 0. The minimum atomic E-state index is -1.04. The Bertz CT molecular complexity index is 337. The van der Waals surface area contributed by atoms with E-state index in [0.29, 0.717) is 17.1 Å². The van der Waals surface area contributed by atoms with E-state index in [1.165, 1.54) is 0 Å². The Hall–Kier alpha value is -1.26. The molecule has 3 N–H and O–H groups in total. The average Bonchev–Trinajstić information content (AvgIpc) is 2.28. The van der Waals surface area contributed by atoms with E-state index in [0.717, 1.165) is 0 Å². The first kappa shape index (κ1) is 11.8. The van der Waals surface area contributed by atoms with E-state index >= 15 is 0 Å². The Morgan fingerprint density at radius 2 is 1.87 bits per heavy atom. The van der Waals surface area contributed by atoms with Crippen LogP contribution < -0.4 is 15.2 Å². The zero-order valence-electron chi connectivity index (χ0n) is 9.28. The highest BCUT2D eigenvalue weighted by Gasteiger charge is 2.22. The maximum absolute atomic E-state index is 9.96. The number of hydrogen-bond donors (Lipinski definition) is 2. The van der Waals surface area contributed by atoms with Gasteiger partial charge in [0, 0.05) is 6.54 Å². The van der Waals surface area contributed by atoms with Gasteiger partial charge in [0.1, 0.15) is 0 Å². The smallest absolute Gasteiger partial charge is 0.161 e. The maximum atomic E-state index is 9.96. The van der Waals surface area contributed by atoms with Crippen molar-refractivity contribution in [1.29, 1.82) is 0 Å². The quantitative estimate of drug-likeness (QED) is 0.775. The molecule has 0 spiro atoms. The third-order valence-corrected chi connectivity index (χ3v) is 2.40. The van der Waals surface area contributed by atoms with E-state index in [9.17, 15) is 5.11 Å².